The number of thiophene rings is 1. The summed E-state index contributed by atoms with van der Waals surface area (Å²) >= 11 is 1.07. The molecule has 1 fully saturated rings. The van der Waals surface area contributed by atoms with E-state index in [1.807, 2.05) is 0 Å². The van der Waals surface area contributed by atoms with Crippen molar-refractivity contribution >= 4 is 27.3 Å². The van der Waals surface area contributed by atoms with Gasteiger partial charge in [-0.3, -0.25) is 0 Å². The number of carbonyl (C=O) groups excluding carboxylic acids is 1. The Morgan fingerprint density at radius 3 is 2.68 bits per heavy atom. The number of methoxy groups -OCH3 is 1. The second-order valence-electron chi connectivity index (χ2n) is 4.38. The minimum Gasteiger partial charge on any atom is -0.465 e. The lowest BCUT2D eigenvalue weighted by molar-refractivity contribution is 0.0606. The molecule has 106 valence electrons. The van der Waals surface area contributed by atoms with Crippen LogP contribution in [0.5, 0.6) is 0 Å². The van der Waals surface area contributed by atoms with Crippen LogP contribution >= 0.6 is 11.3 Å². The molecule has 0 atom stereocenters. The molecule has 0 amide bonds. The molecule has 0 aromatic carbocycles. The van der Waals surface area contributed by atoms with E-state index in [2.05, 4.69) is 4.74 Å². The van der Waals surface area contributed by atoms with E-state index in [1.165, 1.54) is 22.9 Å². The van der Waals surface area contributed by atoms with Gasteiger partial charge in [0.15, 0.2) is 0 Å². The molecule has 1 aliphatic heterocycles. The maximum atomic E-state index is 12.4. The summed E-state index contributed by atoms with van der Waals surface area (Å²) in [5, 5.41) is 1.47. The van der Waals surface area contributed by atoms with Crippen LogP contribution in [-0.4, -0.2) is 44.9 Å². The van der Waals surface area contributed by atoms with Crippen LogP contribution in [0.15, 0.2) is 16.3 Å². The Bertz CT molecular complexity index is 559. The zero-order valence-corrected chi connectivity index (χ0v) is 12.2. The maximum absolute atomic E-state index is 12.4. The van der Waals surface area contributed by atoms with Crippen molar-refractivity contribution in [1.82, 2.24) is 4.31 Å². The Balaban J connectivity index is 2.20. The van der Waals surface area contributed by atoms with Gasteiger partial charge in [0, 0.05) is 24.5 Å². The number of esters is 1. The number of piperidine rings is 1. The van der Waals surface area contributed by atoms with Crippen LogP contribution in [-0.2, 0) is 14.8 Å². The first-order valence-corrected chi connectivity index (χ1v) is 8.19. The van der Waals surface area contributed by atoms with Crippen LogP contribution in [0.2, 0.25) is 0 Å². The standard InChI is InChI=1S/C11H16N2O4S2/c1-17-11(14)10-6-9(7-18-10)19(15,16)13-4-2-8(12)3-5-13/h6-8H,2-5,12H2,1H3. The molecule has 2 heterocycles. The van der Waals surface area contributed by atoms with Crippen molar-refractivity contribution in [1.29, 1.82) is 0 Å². The van der Waals surface area contributed by atoms with E-state index in [0.29, 0.717) is 25.9 Å². The fourth-order valence-corrected chi connectivity index (χ4v) is 4.57. The van der Waals surface area contributed by atoms with Crippen molar-refractivity contribution in [2.24, 2.45) is 5.73 Å². The Labute approximate surface area is 116 Å². The number of nitrogens with two attached hydrogens (primary N) is 1. The smallest absolute Gasteiger partial charge is 0.348 e. The Morgan fingerprint density at radius 1 is 1.47 bits per heavy atom. The van der Waals surface area contributed by atoms with Crippen LogP contribution in [0.25, 0.3) is 0 Å². The van der Waals surface area contributed by atoms with E-state index < -0.39 is 16.0 Å². The maximum Gasteiger partial charge on any atom is 0.348 e. The fraction of sp³-hybridized carbons (Fsp3) is 0.545. The normalized spacial score (nSPS) is 18.4. The third-order valence-electron chi connectivity index (χ3n) is 3.10. The summed E-state index contributed by atoms with van der Waals surface area (Å²) in [6.45, 7) is 0.847. The number of carbonyl (C=O) groups is 1. The highest BCUT2D eigenvalue weighted by Gasteiger charge is 2.29. The van der Waals surface area contributed by atoms with E-state index in [4.69, 9.17) is 5.73 Å². The Hall–Kier alpha value is -0.960. The van der Waals surface area contributed by atoms with Crippen molar-refractivity contribution in [3.8, 4) is 0 Å². The number of rotatable bonds is 3. The van der Waals surface area contributed by atoms with E-state index >= 15 is 0 Å². The molecule has 0 spiro atoms. The summed E-state index contributed by atoms with van der Waals surface area (Å²) in [5.74, 6) is -0.521. The van der Waals surface area contributed by atoms with Crippen molar-refractivity contribution in [2.75, 3.05) is 20.2 Å². The molecule has 0 saturated carbocycles. The van der Waals surface area contributed by atoms with E-state index in [-0.39, 0.29) is 15.8 Å². The van der Waals surface area contributed by atoms with Gasteiger partial charge in [-0.2, -0.15) is 4.31 Å². The summed E-state index contributed by atoms with van der Waals surface area (Å²) in [6, 6.07) is 1.43. The molecule has 19 heavy (non-hydrogen) atoms. The molecule has 1 aromatic heterocycles. The average Bonchev–Trinajstić information content (AvgIpc) is 2.88. The minimum atomic E-state index is -3.53. The van der Waals surface area contributed by atoms with Gasteiger partial charge in [-0.1, -0.05) is 0 Å². The molecule has 0 radical (unpaired) electrons. The van der Waals surface area contributed by atoms with Crippen molar-refractivity contribution in [2.45, 2.75) is 23.8 Å². The summed E-state index contributed by atoms with van der Waals surface area (Å²) in [5.41, 5.74) is 5.76. The topological polar surface area (TPSA) is 89.7 Å². The lowest BCUT2D eigenvalue weighted by atomic mass is 10.1. The predicted molar refractivity (Wildman–Crippen MR) is 71.6 cm³/mol. The van der Waals surface area contributed by atoms with Crippen LogP contribution in [0.3, 0.4) is 0 Å². The zero-order chi connectivity index (χ0) is 14.0. The van der Waals surface area contributed by atoms with Gasteiger partial charge in [0.2, 0.25) is 10.0 Å². The highest BCUT2D eigenvalue weighted by molar-refractivity contribution is 7.89. The van der Waals surface area contributed by atoms with Crippen LogP contribution in [0.4, 0.5) is 0 Å². The molecular formula is C11H16N2O4S2. The molecule has 1 aliphatic rings. The van der Waals surface area contributed by atoms with Crippen molar-refractivity contribution < 1.29 is 17.9 Å². The molecular weight excluding hydrogens is 288 g/mol. The van der Waals surface area contributed by atoms with Gasteiger partial charge in [0.05, 0.1) is 12.0 Å². The second kappa shape index (κ2) is 5.58. The number of sulfonamides is 1. The third-order valence-corrected chi connectivity index (χ3v) is 6.03. The number of ether oxygens (including phenoxy) is 1. The fourth-order valence-electron chi connectivity index (χ4n) is 1.93. The first-order chi connectivity index (χ1) is 8.95. The summed E-state index contributed by atoms with van der Waals surface area (Å²) in [7, 11) is -2.26. The monoisotopic (exact) mass is 304 g/mol. The first-order valence-electron chi connectivity index (χ1n) is 5.87. The van der Waals surface area contributed by atoms with Crippen molar-refractivity contribution in [3.05, 3.63) is 16.3 Å². The SMILES string of the molecule is COC(=O)c1cc(S(=O)(=O)N2CCC(N)CC2)cs1. The highest BCUT2D eigenvalue weighted by atomic mass is 32.2. The zero-order valence-electron chi connectivity index (χ0n) is 10.5. The predicted octanol–water partition coefficient (Wildman–Crippen LogP) is 0.647. The molecule has 8 heteroatoms. The van der Waals surface area contributed by atoms with Gasteiger partial charge < -0.3 is 10.5 Å². The van der Waals surface area contributed by atoms with Crippen LogP contribution in [0, 0.1) is 0 Å². The summed E-state index contributed by atoms with van der Waals surface area (Å²) in [6.07, 6.45) is 1.32. The van der Waals surface area contributed by atoms with Gasteiger partial charge >= 0.3 is 5.97 Å². The Morgan fingerprint density at radius 2 is 2.11 bits per heavy atom. The third kappa shape index (κ3) is 2.97. The second-order valence-corrected chi connectivity index (χ2v) is 7.23. The molecule has 2 rings (SSSR count). The van der Waals surface area contributed by atoms with Crippen LogP contribution in [0.1, 0.15) is 22.5 Å². The molecule has 1 aromatic rings. The molecule has 0 bridgehead atoms. The highest BCUT2D eigenvalue weighted by Crippen LogP contribution is 2.25. The van der Waals surface area contributed by atoms with E-state index in [1.54, 1.807) is 0 Å². The first kappa shape index (κ1) is 14.4. The van der Waals surface area contributed by atoms with Crippen molar-refractivity contribution in [3.63, 3.8) is 0 Å². The quantitative estimate of drug-likeness (QED) is 0.828. The number of hydrogen-bond acceptors (Lipinski definition) is 6. The van der Waals surface area contributed by atoms with Gasteiger partial charge in [-0.25, -0.2) is 13.2 Å². The Kier molecular flexibility index (Phi) is 4.24. The lowest BCUT2D eigenvalue weighted by Crippen LogP contribution is -2.42. The molecule has 6 nitrogen and oxygen atoms in total. The molecule has 1 saturated heterocycles. The minimum absolute atomic E-state index is 0.0690. The van der Waals surface area contributed by atoms with Gasteiger partial charge in [0.1, 0.15) is 4.88 Å². The average molecular weight is 304 g/mol. The molecule has 0 unspecified atom stereocenters. The molecule has 2 N–H and O–H groups in total. The molecule has 0 aliphatic carbocycles. The van der Waals surface area contributed by atoms with Crippen LogP contribution < -0.4 is 5.73 Å². The lowest BCUT2D eigenvalue weighted by Gasteiger charge is -2.28. The number of nitrogens with zero attached hydrogens (tertiary/aromatic N) is 1. The number of hydrogen-bond donors (Lipinski definition) is 1. The van der Waals surface area contributed by atoms with Gasteiger partial charge in [-0.15, -0.1) is 11.3 Å². The summed E-state index contributed by atoms with van der Waals surface area (Å²) < 4.78 is 30.7. The van der Waals surface area contributed by atoms with Gasteiger partial charge in [0.25, 0.3) is 0 Å². The van der Waals surface area contributed by atoms with E-state index in [0.717, 1.165) is 11.3 Å². The van der Waals surface area contributed by atoms with E-state index in [9.17, 15) is 13.2 Å². The largest absolute Gasteiger partial charge is 0.465 e. The summed E-state index contributed by atoms with van der Waals surface area (Å²) in [4.78, 5) is 11.8. The van der Waals surface area contributed by atoms with Gasteiger partial charge in [-0.05, 0) is 18.9 Å².